The van der Waals surface area contributed by atoms with Gasteiger partial charge in [-0.05, 0) is 72.9 Å². The zero-order valence-corrected chi connectivity index (χ0v) is 13.9. The normalized spacial score (nSPS) is 13.8. The van der Waals surface area contributed by atoms with Crippen LogP contribution < -0.4 is 0 Å². The first-order valence-electron chi connectivity index (χ1n) is 8.06. The first kappa shape index (κ1) is 16.4. The van der Waals surface area contributed by atoms with E-state index in [0.717, 1.165) is 24.0 Å². The van der Waals surface area contributed by atoms with Crippen LogP contribution in [0.4, 0.5) is 0 Å². The molecule has 0 heterocycles. The molecule has 2 aromatic rings. The third-order valence-electron chi connectivity index (χ3n) is 4.63. The molecule has 2 N–H and O–H groups in total. The lowest BCUT2D eigenvalue weighted by atomic mass is 9.77. The number of aromatic hydroxyl groups is 2. The van der Waals surface area contributed by atoms with E-state index < -0.39 is 0 Å². The summed E-state index contributed by atoms with van der Waals surface area (Å²) in [4.78, 5) is 0. The number of rotatable bonds is 5. The van der Waals surface area contributed by atoms with Gasteiger partial charge in [-0.1, -0.05) is 38.1 Å². The van der Waals surface area contributed by atoms with E-state index in [9.17, 15) is 10.2 Å². The largest absolute Gasteiger partial charge is 0.508 e. The van der Waals surface area contributed by atoms with Crippen LogP contribution in [0.15, 0.2) is 36.4 Å². The molecule has 2 heteroatoms. The fourth-order valence-corrected chi connectivity index (χ4v) is 3.43. The van der Waals surface area contributed by atoms with Crippen LogP contribution in [-0.4, -0.2) is 10.2 Å². The Morgan fingerprint density at radius 1 is 0.773 bits per heavy atom. The van der Waals surface area contributed by atoms with Crippen molar-refractivity contribution in [1.29, 1.82) is 0 Å². The van der Waals surface area contributed by atoms with Crippen LogP contribution in [0.1, 0.15) is 60.8 Å². The summed E-state index contributed by atoms with van der Waals surface area (Å²) in [6.45, 7) is 8.34. The van der Waals surface area contributed by atoms with Crippen LogP contribution in [0.25, 0.3) is 0 Å². The molecular formula is C20H26O2. The summed E-state index contributed by atoms with van der Waals surface area (Å²) < 4.78 is 0. The van der Waals surface area contributed by atoms with Crippen LogP contribution in [0.3, 0.4) is 0 Å². The van der Waals surface area contributed by atoms with Gasteiger partial charge in [0.25, 0.3) is 0 Å². The van der Waals surface area contributed by atoms with Gasteiger partial charge in [-0.25, -0.2) is 0 Å². The van der Waals surface area contributed by atoms with E-state index in [-0.39, 0.29) is 0 Å². The summed E-state index contributed by atoms with van der Waals surface area (Å²) in [5.74, 6) is 1.53. The van der Waals surface area contributed by atoms with Crippen molar-refractivity contribution in [1.82, 2.24) is 0 Å². The third kappa shape index (κ3) is 3.27. The number of hydrogen-bond donors (Lipinski definition) is 2. The molecular weight excluding hydrogens is 272 g/mol. The first-order valence-corrected chi connectivity index (χ1v) is 8.06. The number of hydrogen-bond acceptors (Lipinski definition) is 2. The second-order valence-corrected chi connectivity index (χ2v) is 6.12. The van der Waals surface area contributed by atoms with Gasteiger partial charge < -0.3 is 10.2 Å². The maximum Gasteiger partial charge on any atom is 0.121 e. The second kappa shape index (κ2) is 6.87. The van der Waals surface area contributed by atoms with Crippen LogP contribution in [0.5, 0.6) is 11.5 Å². The van der Waals surface area contributed by atoms with Gasteiger partial charge in [-0.3, -0.25) is 0 Å². The van der Waals surface area contributed by atoms with Crippen molar-refractivity contribution in [2.24, 2.45) is 0 Å². The molecule has 2 nitrogen and oxygen atoms in total. The monoisotopic (exact) mass is 298 g/mol. The molecule has 2 unspecified atom stereocenters. The molecule has 2 rings (SSSR count). The van der Waals surface area contributed by atoms with Gasteiger partial charge in [0.15, 0.2) is 0 Å². The summed E-state index contributed by atoms with van der Waals surface area (Å²) in [6, 6.07) is 11.8. The van der Waals surface area contributed by atoms with Crippen LogP contribution in [0.2, 0.25) is 0 Å². The van der Waals surface area contributed by atoms with E-state index in [2.05, 4.69) is 26.0 Å². The van der Waals surface area contributed by atoms with Crippen molar-refractivity contribution in [3.63, 3.8) is 0 Å². The van der Waals surface area contributed by atoms with Gasteiger partial charge in [-0.2, -0.15) is 0 Å². The predicted octanol–water partition coefficient (Wildman–Crippen LogP) is 5.40. The Hall–Kier alpha value is -1.96. The van der Waals surface area contributed by atoms with Gasteiger partial charge in [0.05, 0.1) is 0 Å². The van der Waals surface area contributed by atoms with Gasteiger partial charge in [-0.15, -0.1) is 0 Å². The van der Waals surface area contributed by atoms with Crippen molar-refractivity contribution in [3.8, 4) is 11.5 Å². The van der Waals surface area contributed by atoms with Crippen LogP contribution in [-0.2, 0) is 0 Å². The highest BCUT2D eigenvalue weighted by molar-refractivity contribution is 5.44. The first-order chi connectivity index (χ1) is 10.5. The van der Waals surface area contributed by atoms with Crippen molar-refractivity contribution < 1.29 is 10.2 Å². The highest BCUT2D eigenvalue weighted by Gasteiger charge is 2.23. The van der Waals surface area contributed by atoms with E-state index in [1.165, 1.54) is 11.1 Å². The van der Waals surface area contributed by atoms with Gasteiger partial charge in [0.2, 0.25) is 0 Å². The number of benzene rings is 2. The Labute approximate surface area is 133 Å². The maximum atomic E-state index is 10.0. The smallest absolute Gasteiger partial charge is 0.121 e. The average molecular weight is 298 g/mol. The molecule has 0 bridgehead atoms. The molecule has 0 amide bonds. The predicted molar refractivity (Wildman–Crippen MR) is 91.8 cm³/mol. The molecule has 22 heavy (non-hydrogen) atoms. The van der Waals surface area contributed by atoms with Gasteiger partial charge >= 0.3 is 0 Å². The van der Waals surface area contributed by atoms with Gasteiger partial charge in [0, 0.05) is 0 Å². The van der Waals surface area contributed by atoms with Crippen molar-refractivity contribution in [2.75, 3.05) is 0 Å². The molecule has 0 saturated carbocycles. The summed E-state index contributed by atoms with van der Waals surface area (Å²) in [7, 11) is 0. The molecule has 0 aliphatic rings. The average Bonchev–Trinajstić information content (AvgIpc) is 2.51. The Morgan fingerprint density at radius 2 is 1.23 bits per heavy atom. The zero-order valence-electron chi connectivity index (χ0n) is 13.9. The minimum atomic E-state index is 0.308. The van der Waals surface area contributed by atoms with E-state index in [4.69, 9.17) is 0 Å². The van der Waals surface area contributed by atoms with Crippen molar-refractivity contribution in [2.45, 2.75) is 52.4 Å². The number of aryl methyl sites for hydroxylation is 2. The molecule has 0 saturated heterocycles. The summed E-state index contributed by atoms with van der Waals surface area (Å²) >= 11 is 0. The quantitative estimate of drug-likeness (QED) is 0.775. The molecule has 2 atom stereocenters. The zero-order chi connectivity index (χ0) is 16.3. The molecule has 0 aliphatic heterocycles. The minimum Gasteiger partial charge on any atom is -0.508 e. The lowest BCUT2D eigenvalue weighted by Crippen LogP contribution is -2.11. The second-order valence-electron chi connectivity index (χ2n) is 6.12. The highest BCUT2D eigenvalue weighted by atomic mass is 16.3. The van der Waals surface area contributed by atoms with Crippen LogP contribution in [0, 0.1) is 13.8 Å². The summed E-state index contributed by atoms with van der Waals surface area (Å²) in [6.07, 6.45) is 2.09. The Bertz CT molecular complexity index is 606. The number of phenols is 2. The fraction of sp³-hybridized carbons (Fsp3) is 0.400. The number of phenolic OH excluding ortho intramolecular Hbond substituents is 2. The lowest BCUT2D eigenvalue weighted by Gasteiger charge is -2.27. The van der Waals surface area contributed by atoms with Crippen molar-refractivity contribution in [3.05, 3.63) is 58.7 Å². The topological polar surface area (TPSA) is 40.5 Å². The molecule has 0 radical (unpaired) electrons. The Morgan fingerprint density at radius 3 is 1.68 bits per heavy atom. The molecule has 0 spiro atoms. The van der Waals surface area contributed by atoms with E-state index in [1.54, 1.807) is 12.1 Å². The van der Waals surface area contributed by atoms with E-state index in [1.807, 2.05) is 26.0 Å². The SMILES string of the molecule is CCC(c1ccc(O)cc1)C(CC)c1cc(C)c(O)c(C)c1. The van der Waals surface area contributed by atoms with Crippen molar-refractivity contribution >= 4 is 0 Å². The van der Waals surface area contributed by atoms with E-state index in [0.29, 0.717) is 23.3 Å². The summed E-state index contributed by atoms with van der Waals surface area (Å²) in [5, 5.41) is 19.5. The molecule has 118 valence electrons. The molecule has 0 aromatic heterocycles. The van der Waals surface area contributed by atoms with Crippen LogP contribution >= 0.6 is 0 Å². The maximum absolute atomic E-state index is 10.0. The Balaban J connectivity index is 2.42. The lowest BCUT2D eigenvalue weighted by molar-refractivity contribution is 0.463. The standard InChI is InChI=1S/C20H26O2/c1-5-18(15-7-9-17(21)10-8-15)19(6-2)16-11-13(3)20(22)14(4)12-16/h7-12,18-19,21-22H,5-6H2,1-4H3. The van der Waals surface area contributed by atoms with E-state index >= 15 is 0 Å². The minimum absolute atomic E-state index is 0.308. The van der Waals surface area contributed by atoms with Gasteiger partial charge in [0.1, 0.15) is 11.5 Å². The molecule has 0 fully saturated rings. The third-order valence-corrected chi connectivity index (χ3v) is 4.63. The molecule has 0 aliphatic carbocycles. The molecule has 2 aromatic carbocycles. The summed E-state index contributed by atoms with van der Waals surface area (Å²) in [5.41, 5.74) is 4.42. The highest BCUT2D eigenvalue weighted by Crippen LogP contribution is 2.40. The fourth-order valence-electron chi connectivity index (χ4n) is 3.43. The Kier molecular flexibility index (Phi) is 5.12.